The lowest BCUT2D eigenvalue weighted by atomic mass is 9.89. The van der Waals surface area contributed by atoms with Crippen LogP contribution in [0.15, 0.2) is 48.5 Å². The largest absolute Gasteiger partial charge is 0.478 e. The van der Waals surface area contributed by atoms with Crippen LogP contribution >= 0.6 is 0 Å². The van der Waals surface area contributed by atoms with E-state index in [1.54, 1.807) is 6.07 Å². The van der Waals surface area contributed by atoms with E-state index in [2.05, 4.69) is 0 Å². The number of primary amides is 1. The zero-order valence-electron chi connectivity index (χ0n) is 12.8. The minimum absolute atomic E-state index is 0.117. The molecule has 0 atom stereocenters. The molecule has 0 aromatic heterocycles. The zero-order chi connectivity index (χ0) is 18.1. The molecule has 122 valence electrons. The van der Waals surface area contributed by atoms with Gasteiger partial charge in [-0.2, -0.15) is 5.26 Å². The third kappa shape index (κ3) is 2.79. The summed E-state index contributed by atoms with van der Waals surface area (Å²) in [5.41, 5.74) is 6.12. The summed E-state index contributed by atoms with van der Waals surface area (Å²) in [6.07, 6.45) is 0. The molecule has 3 rings (SSSR count). The van der Waals surface area contributed by atoms with Crippen LogP contribution in [-0.2, 0) is 0 Å². The first-order valence-electron chi connectivity index (χ1n) is 7.22. The van der Waals surface area contributed by atoms with Gasteiger partial charge < -0.3 is 10.8 Å². The normalized spacial score (nSPS) is 10.4. The number of nitriles is 1. The number of fused-ring (bicyclic) bond motifs is 1. The Morgan fingerprint density at radius 2 is 1.80 bits per heavy atom. The molecule has 0 aliphatic carbocycles. The molecule has 6 heteroatoms. The number of carbonyl (C=O) groups excluding carboxylic acids is 1. The number of halogens is 1. The molecule has 3 aromatic carbocycles. The van der Waals surface area contributed by atoms with Gasteiger partial charge in [-0.1, -0.05) is 18.2 Å². The van der Waals surface area contributed by atoms with Crippen LogP contribution in [0.4, 0.5) is 4.39 Å². The van der Waals surface area contributed by atoms with Crippen LogP contribution in [0.3, 0.4) is 0 Å². The Hall–Kier alpha value is -3.72. The number of nitrogens with two attached hydrogens (primary N) is 1. The summed E-state index contributed by atoms with van der Waals surface area (Å²) in [7, 11) is 0. The zero-order valence-corrected chi connectivity index (χ0v) is 12.8. The number of amides is 1. The van der Waals surface area contributed by atoms with Gasteiger partial charge in [0.05, 0.1) is 17.2 Å². The summed E-state index contributed by atoms with van der Waals surface area (Å²) >= 11 is 0. The quantitative estimate of drug-likeness (QED) is 0.766. The highest BCUT2D eigenvalue weighted by atomic mass is 19.1. The number of benzene rings is 3. The number of rotatable bonds is 3. The molecular formula is C19H11FN2O3. The third-order valence-corrected chi connectivity index (χ3v) is 3.90. The van der Waals surface area contributed by atoms with Crippen LogP contribution < -0.4 is 5.73 Å². The van der Waals surface area contributed by atoms with Crippen LogP contribution in [0.25, 0.3) is 21.9 Å². The number of hydrogen-bond donors (Lipinski definition) is 2. The highest BCUT2D eigenvalue weighted by Crippen LogP contribution is 2.35. The SMILES string of the molecule is N#Cc1ccc(-c2c(C(N)=O)ccc3cc(F)ccc23)c(C(=O)O)c1. The van der Waals surface area contributed by atoms with E-state index < -0.39 is 17.7 Å². The topological polar surface area (TPSA) is 104 Å². The molecule has 0 aliphatic heterocycles. The van der Waals surface area contributed by atoms with Crippen LogP contribution in [-0.4, -0.2) is 17.0 Å². The molecule has 25 heavy (non-hydrogen) atoms. The molecule has 3 N–H and O–H groups in total. The van der Waals surface area contributed by atoms with Crippen molar-refractivity contribution in [3.63, 3.8) is 0 Å². The summed E-state index contributed by atoms with van der Waals surface area (Å²) in [6.45, 7) is 0. The van der Waals surface area contributed by atoms with Gasteiger partial charge in [0.2, 0.25) is 5.91 Å². The summed E-state index contributed by atoms with van der Waals surface area (Å²) in [5.74, 6) is -2.44. The van der Waals surface area contributed by atoms with Gasteiger partial charge in [-0.3, -0.25) is 4.79 Å². The van der Waals surface area contributed by atoms with E-state index >= 15 is 0 Å². The predicted octanol–water partition coefficient (Wildman–Crippen LogP) is 3.31. The van der Waals surface area contributed by atoms with Gasteiger partial charge in [0.25, 0.3) is 0 Å². The number of hydrogen-bond acceptors (Lipinski definition) is 3. The Morgan fingerprint density at radius 3 is 2.44 bits per heavy atom. The first-order chi connectivity index (χ1) is 11.9. The molecule has 0 saturated carbocycles. The van der Waals surface area contributed by atoms with E-state index in [-0.39, 0.29) is 22.3 Å². The van der Waals surface area contributed by atoms with Crippen molar-refractivity contribution >= 4 is 22.6 Å². The number of carboxylic acids is 1. The molecule has 0 spiro atoms. The van der Waals surface area contributed by atoms with E-state index in [4.69, 9.17) is 11.0 Å². The Bertz CT molecular complexity index is 1080. The van der Waals surface area contributed by atoms with Gasteiger partial charge in [0.1, 0.15) is 5.82 Å². The van der Waals surface area contributed by atoms with Gasteiger partial charge in [-0.25, -0.2) is 9.18 Å². The first-order valence-corrected chi connectivity index (χ1v) is 7.22. The van der Waals surface area contributed by atoms with E-state index in [0.717, 1.165) is 0 Å². The Kier molecular flexibility index (Phi) is 3.91. The maximum atomic E-state index is 13.5. The van der Waals surface area contributed by atoms with Gasteiger partial charge in [-0.15, -0.1) is 0 Å². The fraction of sp³-hybridized carbons (Fsp3) is 0. The second-order valence-corrected chi connectivity index (χ2v) is 5.40. The number of carbonyl (C=O) groups is 2. The van der Waals surface area contributed by atoms with E-state index in [1.165, 1.54) is 42.5 Å². The molecular weight excluding hydrogens is 323 g/mol. The lowest BCUT2D eigenvalue weighted by Crippen LogP contribution is -2.13. The Balaban J connectivity index is 2.46. The summed E-state index contributed by atoms with van der Waals surface area (Å²) in [4.78, 5) is 23.5. The highest BCUT2D eigenvalue weighted by Gasteiger charge is 2.20. The van der Waals surface area contributed by atoms with Crippen LogP contribution in [0, 0.1) is 17.1 Å². The lowest BCUT2D eigenvalue weighted by molar-refractivity contribution is 0.0697. The van der Waals surface area contributed by atoms with Crippen molar-refractivity contribution in [2.75, 3.05) is 0 Å². The van der Waals surface area contributed by atoms with Crippen molar-refractivity contribution in [2.24, 2.45) is 5.73 Å². The van der Waals surface area contributed by atoms with Gasteiger partial charge in [0.15, 0.2) is 0 Å². The van der Waals surface area contributed by atoms with Crippen molar-refractivity contribution in [1.29, 1.82) is 5.26 Å². The Labute approximate surface area is 141 Å². The average Bonchev–Trinajstić information content (AvgIpc) is 2.59. The number of nitrogens with zero attached hydrogens (tertiary/aromatic N) is 1. The standard InChI is InChI=1S/C19H11FN2O3/c20-12-3-6-13-11(8-12)2-5-15(18(22)23)17(13)14-4-1-10(9-21)7-16(14)19(24)25/h1-8H,(H2,22,23)(H,24,25). The van der Waals surface area contributed by atoms with Gasteiger partial charge in [-0.05, 0) is 46.7 Å². The van der Waals surface area contributed by atoms with E-state index in [1.807, 2.05) is 6.07 Å². The average molecular weight is 334 g/mol. The molecule has 0 fully saturated rings. The molecule has 0 heterocycles. The van der Waals surface area contributed by atoms with Crippen molar-refractivity contribution in [3.05, 3.63) is 71.0 Å². The number of carboxylic acid groups (broad SMARTS) is 1. The molecule has 3 aromatic rings. The molecule has 1 amide bonds. The lowest BCUT2D eigenvalue weighted by Gasteiger charge is -2.14. The van der Waals surface area contributed by atoms with Gasteiger partial charge in [0, 0.05) is 11.1 Å². The van der Waals surface area contributed by atoms with E-state index in [9.17, 15) is 19.1 Å². The summed E-state index contributed by atoms with van der Waals surface area (Å²) in [6, 6.07) is 13.0. The predicted molar refractivity (Wildman–Crippen MR) is 89.5 cm³/mol. The number of aromatic carboxylic acids is 1. The monoisotopic (exact) mass is 334 g/mol. The molecule has 5 nitrogen and oxygen atoms in total. The third-order valence-electron chi connectivity index (χ3n) is 3.90. The summed E-state index contributed by atoms with van der Waals surface area (Å²) in [5, 5.41) is 19.5. The fourth-order valence-corrected chi connectivity index (χ4v) is 2.80. The summed E-state index contributed by atoms with van der Waals surface area (Å²) < 4.78 is 13.5. The van der Waals surface area contributed by atoms with Gasteiger partial charge >= 0.3 is 5.97 Å². The second-order valence-electron chi connectivity index (χ2n) is 5.40. The fourth-order valence-electron chi connectivity index (χ4n) is 2.80. The smallest absolute Gasteiger partial charge is 0.336 e. The second kappa shape index (κ2) is 6.06. The van der Waals surface area contributed by atoms with Crippen molar-refractivity contribution in [3.8, 4) is 17.2 Å². The highest BCUT2D eigenvalue weighted by molar-refractivity contribution is 6.12. The van der Waals surface area contributed by atoms with Crippen LogP contribution in [0.1, 0.15) is 26.3 Å². The molecule has 0 bridgehead atoms. The Morgan fingerprint density at radius 1 is 1.04 bits per heavy atom. The van der Waals surface area contributed by atoms with E-state index in [0.29, 0.717) is 16.3 Å². The van der Waals surface area contributed by atoms with Crippen molar-refractivity contribution < 1.29 is 19.1 Å². The maximum Gasteiger partial charge on any atom is 0.336 e. The minimum Gasteiger partial charge on any atom is -0.478 e. The molecule has 0 aliphatic rings. The van der Waals surface area contributed by atoms with Crippen molar-refractivity contribution in [2.45, 2.75) is 0 Å². The first kappa shape index (κ1) is 16.1. The van der Waals surface area contributed by atoms with Crippen molar-refractivity contribution in [1.82, 2.24) is 0 Å². The van der Waals surface area contributed by atoms with Crippen LogP contribution in [0.5, 0.6) is 0 Å². The molecule has 0 unspecified atom stereocenters. The minimum atomic E-state index is -1.25. The maximum absolute atomic E-state index is 13.5. The van der Waals surface area contributed by atoms with Crippen LogP contribution in [0.2, 0.25) is 0 Å². The molecule has 0 saturated heterocycles. The molecule has 0 radical (unpaired) electrons.